The molecule has 1 atom stereocenters. The molecule has 17 heavy (non-hydrogen) atoms. The van der Waals surface area contributed by atoms with E-state index in [1.165, 1.54) is 22.4 Å². The number of benzene rings is 1. The monoisotopic (exact) mass is 244 g/mol. The predicted molar refractivity (Wildman–Crippen MR) is 71.4 cm³/mol. The van der Waals surface area contributed by atoms with Crippen molar-refractivity contribution in [1.82, 2.24) is 10.3 Å². The molecule has 0 amide bonds. The topological polar surface area (TPSA) is 24.9 Å². The van der Waals surface area contributed by atoms with Crippen LogP contribution in [0.25, 0.3) is 0 Å². The number of nitrogens with one attached hydrogen (secondary N) is 1. The zero-order valence-electron chi connectivity index (χ0n) is 9.94. The second kappa shape index (κ2) is 4.59. The van der Waals surface area contributed by atoms with Gasteiger partial charge in [-0.3, -0.25) is 0 Å². The number of rotatable bonds is 4. The first kappa shape index (κ1) is 10.9. The van der Waals surface area contributed by atoms with Crippen molar-refractivity contribution < 1.29 is 0 Å². The van der Waals surface area contributed by atoms with Crippen LogP contribution in [0.1, 0.15) is 27.6 Å². The zero-order valence-corrected chi connectivity index (χ0v) is 10.8. The Hall–Kier alpha value is -1.19. The van der Waals surface area contributed by atoms with Crippen LogP contribution in [-0.2, 0) is 13.0 Å². The molecule has 0 fully saturated rings. The molecule has 0 saturated carbocycles. The van der Waals surface area contributed by atoms with Gasteiger partial charge in [0, 0.05) is 23.9 Å². The van der Waals surface area contributed by atoms with Gasteiger partial charge < -0.3 is 5.32 Å². The summed E-state index contributed by atoms with van der Waals surface area (Å²) in [6, 6.07) is 8.75. The number of aromatic nitrogens is 1. The molecule has 2 nitrogen and oxygen atoms in total. The van der Waals surface area contributed by atoms with E-state index in [0.29, 0.717) is 5.92 Å². The maximum Gasteiger partial charge on any atom is 0.0798 e. The summed E-state index contributed by atoms with van der Waals surface area (Å²) in [4.78, 5) is 5.62. The smallest absolute Gasteiger partial charge is 0.0798 e. The highest BCUT2D eigenvalue weighted by molar-refractivity contribution is 7.09. The number of hydrogen-bond donors (Lipinski definition) is 1. The van der Waals surface area contributed by atoms with Gasteiger partial charge in [-0.2, -0.15) is 0 Å². The van der Waals surface area contributed by atoms with Crippen LogP contribution in [0.3, 0.4) is 0 Å². The van der Waals surface area contributed by atoms with Crippen LogP contribution in [0, 0.1) is 6.92 Å². The molecule has 3 heteroatoms. The molecular formula is C14H16N2S. The summed E-state index contributed by atoms with van der Waals surface area (Å²) in [5, 5.41) is 3.54. The summed E-state index contributed by atoms with van der Waals surface area (Å²) in [6.45, 7) is 4.11. The number of thiazole rings is 1. The highest BCUT2D eigenvalue weighted by atomic mass is 32.1. The first-order valence-corrected chi connectivity index (χ1v) is 6.90. The van der Waals surface area contributed by atoms with Gasteiger partial charge in [0.15, 0.2) is 0 Å². The van der Waals surface area contributed by atoms with E-state index in [-0.39, 0.29) is 0 Å². The number of hydrogen-bond acceptors (Lipinski definition) is 3. The molecule has 1 aromatic heterocycles. The molecule has 0 radical (unpaired) electrons. The molecule has 0 aliphatic heterocycles. The quantitative estimate of drug-likeness (QED) is 0.894. The first-order valence-electron chi connectivity index (χ1n) is 6.02. The van der Waals surface area contributed by atoms with Gasteiger partial charge in [-0.15, -0.1) is 11.3 Å². The fourth-order valence-corrected chi connectivity index (χ4v) is 3.15. The molecule has 1 aliphatic rings. The summed E-state index contributed by atoms with van der Waals surface area (Å²) < 4.78 is 0. The predicted octanol–water partition coefficient (Wildman–Crippen LogP) is 2.88. The van der Waals surface area contributed by atoms with Crippen molar-refractivity contribution in [1.29, 1.82) is 0 Å². The van der Waals surface area contributed by atoms with E-state index in [2.05, 4.69) is 41.5 Å². The molecule has 88 valence electrons. The second-order valence-corrected chi connectivity index (χ2v) is 5.53. The largest absolute Gasteiger partial charge is 0.311 e. The van der Waals surface area contributed by atoms with E-state index in [0.717, 1.165) is 18.8 Å². The Kier molecular flexibility index (Phi) is 2.95. The third-order valence-corrected chi connectivity index (χ3v) is 4.42. The minimum absolute atomic E-state index is 0.708. The lowest BCUT2D eigenvalue weighted by Gasteiger charge is -2.30. The summed E-state index contributed by atoms with van der Waals surface area (Å²) in [6.07, 6.45) is 1.23. The summed E-state index contributed by atoms with van der Waals surface area (Å²) >= 11 is 1.74. The van der Waals surface area contributed by atoms with Gasteiger partial charge in [-0.05, 0) is 24.5 Å². The molecule has 0 saturated heterocycles. The molecule has 1 aromatic carbocycles. The highest BCUT2D eigenvalue weighted by Crippen LogP contribution is 2.34. The van der Waals surface area contributed by atoms with Gasteiger partial charge in [0.05, 0.1) is 11.2 Å². The molecule has 1 aliphatic carbocycles. The maximum atomic E-state index is 4.26. The summed E-state index contributed by atoms with van der Waals surface area (Å²) in [5.41, 5.74) is 6.14. The van der Waals surface area contributed by atoms with E-state index < -0.39 is 0 Å². The molecule has 0 bridgehead atoms. The average molecular weight is 244 g/mol. The van der Waals surface area contributed by atoms with E-state index in [1.807, 2.05) is 5.51 Å². The summed E-state index contributed by atoms with van der Waals surface area (Å²) in [7, 11) is 0. The van der Waals surface area contributed by atoms with E-state index >= 15 is 0 Å². The molecule has 1 heterocycles. The van der Waals surface area contributed by atoms with Crippen molar-refractivity contribution in [3.8, 4) is 0 Å². The van der Waals surface area contributed by atoms with Crippen LogP contribution in [0.15, 0.2) is 29.8 Å². The Labute approximate surface area is 106 Å². The van der Waals surface area contributed by atoms with Gasteiger partial charge in [-0.1, -0.05) is 24.3 Å². The third-order valence-electron chi connectivity index (χ3n) is 3.48. The molecule has 0 spiro atoms. The van der Waals surface area contributed by atoms with Crippen LogP contribution in [0.5, 0.6) is 0 Å². The van der Waals surface area contributed by atoms with E-state index in [1.54, 1.807) is 11.3 Å². The normalized spacial score (nSPS) is 17.6. The van der Waals surface area contributed by atoms with Gasteiger partial charge in [0.2, 0.25) is 0 Å². The molecule has 1 N–H and O–H groups in total. The second-order valence-electron chi connectivity index (χ2n) is 4.59. The SMILES string of the molecule is Cc1ncsc1CNCC1Cc2ccccc21. The molecule has 3 rings (SSSR count). The Bertz CT molecular complexity index is 518. The highest BCUT2D eigenvalue weighted by Gasteiger charge is 2.24. The average Bonchev–Trinajstić information content (AvgIpc) is 2.71. The van der Waals surface area contributed by atoms with Crippen molar-refractivity contribution in [2.75, 3.05) is 6.54 Å². The first-order chi connectivity index (χ1) is 8.34. The van der Waals surface area contributed by atoms with Crippen molar-refractivity contribution in [3.05, 3.63) is 51.5 Å². The standard InChI is InChI=1S/C14H16N2S/c1-10-14(17-9-16-10)8-15-7-12-6-11-4-2-3-5-13(11)12/h2-5,9,12,15H,6-8H2,1H3. The number of nitrogens with zero attached hydrogens (tertiary/aromatic N) is 1. The van der Waals surface area contributed by atoms with Crippen LogP contribution in [0.2, 0.25) is 0 Å². The zero-order chi connectivity index (χ0) is 11.7. The minimum Gasteiger partial charge on any atom is -0.311 e. The fraction of sp³-hybridized carbons (Fsp3) is 0.357. The lowest BCUT2D eigenvalue weighted by atomic mass is 9.77. The Morgan fingerprint density at radius 1 is 1.41 bits per heavy atom. The van der Waals surface area contributed by atoms with Gasteiger partial charge in [0.25, 0.3) is 0 Å². The van der Waals surface area contributed by atoms with E-state index in [9.17, 15) is 0 Å². The van der Waals surface area contributed by atoms with Crippen LogP contribution >= 0.6 is 11.3 Å². The lowest BCUT2D eigenvalue weighted by Crippen LogP contribution is -2.28. The maximum absolute atomic E-state index is 4.26. The fourth-order valence-electron chi connectivity index (χ4n) is 2.40. The molecule has 2 aromatic rings. The Morgan fingerprint density at radius 2 is 2.29 bits per heavy atom. The Balaban J connectivity index is 1.53. The lowest BCUT2D eigenvalue weighted by molar-refractivity contribution is 0.537. The van der Waals surface area contributed by atoms with Crippen LogP contribution in [0.4, 0.5) is 0 Å². The number of aryl methyl sites for hydroxylation is 1. The molecule has 1 unspecified atom stereocenters. The summed E-state index contributed by atoms with van der Waals surface area (Å²) in [5.74, 6) is 0.708. The number of fused-ring (bicyclic) bond motifs is 1. The molecular weight excluding hydrogens is 228 g/mol. The van der Waals surface area contributed by atoms with Gasteiger partial charge >= 0.3 is 0 Å². The van der Waals surface area contributed by atoms with Crippen molar-refractivity contribution in [3.63, 3.8) is 0 Å². The minimum atomic E-state index is 0.708. The van der Waals surface area contributed by atoms with Crippen molar-refractivity contribution in [2.24, 2.45) is 0 Å². The van der Waals surface area contributed by atoms with Crippen LogP contribution < -0.4 is 5.32 Å². The van der Waals surface area contributed by atoms with Gasteiger partial charge in [0.1, 0.15) is 0 Å². The van der Waals surface area contributed by atoms with E-state index in [4.69, 9.17) is 0 Å². The Morgan fingerprint density at radius 3 is 3.06 bits per heavy atom. The van der Waals surface area contributed by atoms with Crippen molar-refractivity contribution in [2.45, 2.75) is 25.8 Å². The third kappa shape index (κ3) is 2.13. The van der Waals surface area contributed by atoms with Crippen LogP contribution in [-0.4, -0.2) is 11.5 Å². The van der Waals surface area contributed by atoms with Gasteiger partial charge in [-0.25, -0.2) is 4.98 Å². The van der Waals surface area contributed by atoms with Crippen molar-refractivity contribution >= 4 is 11.3 Å².